The van der Waals surface area contributed by atoms with Crippen LogP contribution >= 0.6 is 0 Å². The monoisotopic (exact) mass is 196 g/mol. The van der Waals surface area contributed by atoms with Crippen molar-refractivity contribution in [3.8, 4) is 0 Å². The molecule has 0 aromatic carbocycles. The van der Waals surface area contributed by atoms with Gasteiger partial charge < -0.3 is 4.74 Å². The fraction of sp³-hybridized carbons (Fsp3) is 0.917. The third kappa shape index (κ3) is 1.12. The summed E-state index contributed by atoms with van der Waals surface area (Å²) in [7, 11) is 0. The Morgan fingerprint density at radius 3 is 2.57 bits per heavy atom. The SMILES string of the molecule is CC(=O)OC12CC(C)CCC1C2(C)C. The Morgan fingerprint density at radius 1 is 1.36 bits per heavy atom. The quantitative estimate of drug-likeness (QED) is 0.603. The topological polar surface area (TPSA) is 26.3 Å². The summed E-state index contributed by atoms with van der Waals surface area (Å²) in [6.07, 6.45) is 3.57. The lowest BCUT2D eigenvalue weighted by molar-refractivity contribution is -0.153. The second-order valence-corrected chi connectivity index (χ2v) is 5.64. The van der Waals surface area contributed by atoms with Gasteiger partial charge in [0, 0.05) is 18.3 Å². The van der Waals surface area contributed by atoms with E-state index < -0.39 is 0 Å². The molecular weight excluding hydrogens is 176 g/mol. The zero-order valence-corrected chi connectivity index (χ0v) is 9.59. The predicted molar refractivity (Wildman–Crippen MR) is 54.8 cm³/mol. The van der Waals surface area contributed by atoms with Crippen molar-refractivity contribution in [3.63, 3.8) is 0 Å². The second-order valence-electron chi connectivity index (χ2n) is 5.64. The highest BCUT2D eigenvalue weighted by molar-refractivity contribution is 5.67. The minimum Gasteiger partial charge on any atom is -0.458 e. The summed E-state index contributed by atoms with van der Waals surface area (Å²) in [6.45, 7) is 8.26. The molecule has 2 rings (SSSR count). The van der Waals surface area contributed by atoms with Gasteiger partial charge in [-0.05, 0) is 18.8 Å². The van der Waals surface area contributed by atoms with Crippen molar-refractivity contribution in [1.29, 1.82) is 0 Å². The highest BCUT2D eigenvalue weighted by Crippen LogP contribution is 2.70. The van der Waals surface area contributed by atoms with E-state index in [1.165, 1.54) is 19.8 Å². The molecule has 3 unspecified atom stereocenters. The molecule has 0 aromatic rings. The van der Waals surface area contributed by atoms with E-state index in [4.69, 9.17) is 4.74 Å². The van der Waals surface area contributed by atoms with Crippen molar-refractivity contribution in [2.24, 2.45) is 17.3 Å². The van der Waals surface area contributed by atoms with Crippen LogP contribution in [-0.4, -0.2) is 11.6 Å². The zero-order valence-electron chi connectivity index (χ0n) is 9.59. The van der Waals surface area contributed by atoms with Gasteiger partial charge in [0.05, 0.1) is 0 Å². The first-order valence-corrected chi connectivity index (χ1v) is 5.60. The second kappa shape index (κ2) is 2.74. The van der Waals surface area contributed by atoms with Crippen LogP contribution in [0.15, 0.2) is 0 Å². The zero-order chi connectivity index (χ0) is 10.6. The molecule has 80 valence electrons. The maximum Gasteiger partial charge on any atom is 0.303 e. The van der Waals surface area contributed by atoms with Crippen molar-refractivity contribution < 1.29 is 9.53 Å². The van der Waals surface area contributed by atoms with E-state index in [0.717, 1.165) is 6.42 Å². The Balaban J connectivity index is 2.19. The highest BCUT2D eigenvalue weighted by atomic mass is 16.6. The third-order valence-corrected chi connectivity index (χ3v) is 4.37. The van der Waals surface area contributed by atoms with Crippen molar-refractivity contribution in [2.45, 2.75) is 52.6 Å². The molecule has 0 radical (unpaired) electrons. The van der Waals surface area contributed by atoms with Crippen molar-refractivity contribution in [3.05, 3.63) is 0 Å². The molecule has 2 aliphatic rings. The minimum absolute atomic E-state index is 0.115. The van der Waals surface area contributed by atoms with Crippen LogP contribution in [0.3, 0.4) is 0 Å². The van der Waals surface area contributed by atoms with E-state index >= 15 is 0 Å². The molecule has 2 nitrogen and oxygen atoms in total. The molecule has 2 heteroatoms. The van der Waals surface area contributed by atoms with Gasteiger partial charge in [0.1, 0.15) is 5.60 Å². The van der Waals surface area contributed by atoms with Crippen molar-refractivity contribution in [1.82, 2.24) is 0 Å². The van der Waals surface area contributed by atoms with Crippen LogP contribution in [0.4, 0.5) is 0 Å². The summed E-state index contributed by atoms with van der Waals surface area (Å²) in [5.74, 6) is 1.19. The van der Waals surface area contributed by atoms with Gasteiger partial charge in [0.15, 0.2) is 0 Å². The van der Waals surface area contributed by atoms with E-state index in [2.05, 4.69) is 20.8 Å². The van der Waals surface area contributed by atoms with Gasteiger partial charge in [0.25, 0.3) is 0 Å². The maximum atomic E-state index is 11.1. The number of ether oxygens (including phenoxy) is 1. The Kier molecular flexibility index (Phi) is 1.96. The fourth-order valence-electron chi connectivity index (χ4n) is 3.49. The average Bonchev–Trinajstić information content (AvgIpc) is 2.45. The van der Waals surface area contributed by atoms with Gasteiger partial charge >= 0.3 is 5.97 Å². The Labute approximate surface area is 86.0 Å². The number of esters is 1. The van der Waals surface area contributed by atoms with Crippen LogP contribution in [0, 0.1) is 17.3 Å². The lowest BCUT2D eigenvalue weighted by Crippen LogP contribution is -2.29. The van der Waals surface area contributed by atoms with Crippen LogP contribution in [0.2, 0.25) is 0 Å². The third-order valence-electron chi connectivity index (χ3n) is 4.37. The van der Waals surface area contributed by atoms with Crippen molar-refractivity contribution in [2.75, 3.05) is 0 Å². The van der Waals surface area contributed by atoms with Crippen LogP contribution in [0.1, 0.15) is 47.0 Å². The first-order valence-electron chi connectivity index (χ1n) is 5.60. The summed E-state index contributed by atoms with van der Waals surface area (Å²) >= 11 is 0. The van der Waals surface area contributed by atoms with Gasteiger partial charge in [-0.2, -0.15) is 0 Å². The fourth-order valence-corrected chi connectivity index (χ4v) is 3.49. The number of carbonyl (C=O) groups excluding carboxylic acids is 1. The molecule has 0 N–H and O–H groups in total. The molecule has 14 heavy (non-hydrogen) atoms. The maximum absolute atomic E-state index is 11.1. The molecule has 0 bridgehead atoms. The lowest BCUT2D eigenvalue weighted by atomic mass is 9.88. The molecular formula is C12H20O2. The summed E-state index contributed by atoms with van der Waals surface area (Å²) < 4.78 is 5.60. The van der Waals surface area contributed by atoms with Gasteiger partial charge in [-0.15, -0.1) is 0 Å². The summed E-state index contributed by atoms with van der Waals surface area (Å²) in [5.41, 5.74) is 0.0972. The van der Waals surface area contributed by atoms with Crippen molar-refractivity contribution >= 4 is 5.97 Å². The average molecular weight is 196 g/mol. The van der Waals surface area contributed by atoms with Gasteiger partial charge in [0.2, 0.25) is 0 Å². The molecule has 0 saturated heterocycles. The molecule has 2 aliphatic carbocycles. The number of fused-ring (bicyclic) bond motifs is 1. The van der Waals surface area contributed by atoms with Crippen LogP contribution in [0.5, 0.6) is 0 Å². The molecule has 0 aromatic heterocycles. The standard InChI is InChI=1S/C12H20O2/c1-8-5-6-10-11(3,4)12(10,7-8)14-9(2)13/h8,10H,5-7H2,1-4H3. The number of rotatable bonds is 1. The minimum atomic E-state index is -0.116. The van der Waals surface area contributed by atoms with Crippen LogP contribution < -0.4 is 0 Å². The predicted octanol–water partition coefficient (Wildman–Crippen LogP) is 2.76. The normalized spacial score (nSPS) is 44.0. The van der Waals surface area contributed by atoms with Gasteiger partial charge in [-0.3, -0.25) is 4.79 Å². The van der Waals surface area contributed by atoms with E-state index in [1.807, 2.05) is 0 Å². The van der Waals surface area contributed by atoms with Crippen LogP contribution in [-0.2, 0) is 9.53 Å². The molecule has 2 fully saturated rings. The van der Waals surface area contributed by atoms with Crippen LogP contribution in [0.25, 0.3) is 0 Å². The first kappa shape index (κ1) is 10.0. The Bertz CT molecular complexity index is 269. The van der Waals surface area contributed by atoms with Gasteiger partial charge in [-0.1, -0.05) is 27.2 Å². The molecule has 0 aliphatic heterocycles. The first-order chi connectivity index (χ1) is 6.40. The smallest absolute Gasteiger partial charge is 0.303 e. The van der Waals surface area contributed by atoms with E-state index in [0.29, 0.717) is 11.8 Å². The Hall–Kier alpha value is -0.530. The summed E-state index contributed by atoms with van der Waals surface area (Å²) in [6, 6.07) is 0. The molecule has 3 atom stereocenters. The molecule has 0 heterocycles. The lowest BCUT2D eigenvalue weighted by Gasteiger charge is -2.27. The molecule has 0 amide bonds. The van der Waals surface area contributed by atoms with Gasteiger partial charge in [-0.25, -0.2) is 0 Å². The summed E-state index contributed by atoms with van der Waals surface area (Å²) in [4.78, 5) is 11.1. The largest absolute Gasteiger partial charge is 0.458 e. The van der Waals surface area contributed by atoms with E-state index in [9.17, 15) is 4.79 Å². The molecule has 0 spiro atoms. The molecule has 2 saturated carbocycles. The Morgan fingerprint density at radius 2 is 2.00 bits per heavy atom. The number of hydrogen-bond donors (Lipinski definition) is 0. The summed E-state index contributed by atoms with van der Waals surface area (Å²) in [5, 5.41) is 0. The highest BCUT2D eigenvalue weighted by Gasteiger charge is 2.74. The van der Waals surface area contributed by atoms with E-state index in [-0.39, 0.29) is 17.0 Å². The number of carbonyl (C=O) groups is 1. The van der Waals surface area contributed by atoms with E-state index in [1.54, 1.807) is 0 Å². The number of hydrogen-bond acceptors (Lipinski definition) is 2.